The molecule has 2 N–H and O–H groups in total. The maximum absolute atomic E-state index is 12.8. The lowest BCUT2D eigenvalue weighted by molar-refractivity contribution is -0.150. The summed E-state index contributed by atoms with van der Waals surface area (Å²) in [6.07, 6.45) is 4.00. The summed E-state index contributed by atoms with van der Waals surface area (Å²) in [6, 6.07) is 8.41. The molecule has 2 aromatic rings. The maximum Gasteiger partial charge on any atom is 0.235 e. The van der Waals surface area contributed by atoms with Crippen molar-refractivity contribution in [2.45, 2.75) is 37.7 Å². The molecule has 2 saturated heterocycles. The van der Waals surface area contributed by atoms with Gasteiger partial charge in [0.1, 0.15) is 11.5 Å². The molecule has 4 heterocycles. The molecule has 3 aliphatic heterocycles. The van der Waals surface area contributed by atoms with E-state index in [4.69, 9.17) is 4.74 Å². The van der Waals surface area contributed by atoms with Crippen LogP contribution in [-0.2, 0) is 26.3 Å². The Morgan fingerprint density at radius 1 is 1.22 bits per heavy atom. The molecule has 6 heteroatoms. The van der Waals surface area contributed by atoms with Crippen molar-refractivity contribution in [3.63, 3.8) is 0 Å². The van der Waals surface area contributed by atoms with Gasteiger partial charge in [0.2, 0.25) is 11.8 Å². The van der Waals surface area contributed by atoms with Gasteiger partial charge in [-0.15, -0.1) is 0 Å². The van der Waals surface area contributed by atoms with Gasteiger partial charge >= 0.3 is 0 Å². The van der Waals surface area contributed by atoms with E-state index >= 15 is 0 Å². The van der Waals surface area contributed by atoms with Gasteiger partial charge in [-0.05, 0) is 43.7 Å². The molecule has 1 aromatic heterocycles. The van der Waals surface area contributed by atoms with Crippen LogP contribution < -0.4 is 5.32 Å². The second-order valence-electron chi connectivity index (χ2n) is 7.93. The van der Waals surface area contributed by atoms with E-state index in [-0.39, 0.29) is 17.4 Å². The molecule has 2 fully saturated rings. The summed E-state index contributed by atoms with van der Waals surface area (Å²) < 4.78 is 6.31. The molecule has 1 aromatic carbocycles. The Morgan fingerprint density at radius 2 is 2.04 bits per heavy atom. The summed E-state index contributed by atoms with van der Waals surface area (Å²) >= 11 is 0. The highest BCUT2D eigenvalue weighted by molar-refractivity contribution is 6.00. The summed E-state index contributed by atoms with van der Waals surface area (Å²) in [7, 11) is 0. The second-order valence-corrected chi connectivity index (χ2v) is 7.93. The van der Waals surface area contributed by atoms with Crippen LogP contribution in [0.15, 0.2) is 24.3 Å². The molecule has 6 nitrogen and oxygen atoms in total. The van der Waals surface area contributed by atoms with Crippen LogP contribution in [0.25, 0.3) is 10.9 Å². The second kappa shape index (κ2) is 6.37. The smallest absolute Gasteiger partial charge is 0.235 e. The number of carbonyl (C=O) groups excluding carboxylic acids is 2. The molecular weight excluding hydrogens is 342 g/mol. The molecule has 5 rings (SSSR count). The minimum absolute atomic E-state index is 0.0188. The van der Waals surface area contributed by atoms with Crippen molar-refractivity contribution in [1.29, 1.82) is 0 Å². The summed E-state index contributed by atoms with van der Waals surface area (Å²) in [5.41, 5.74) is 3.38. The number of amides is 2. The van der Waals surface area contributed by atoms with Crippen molar-refractivity contribution in [2.24, 2.45) is 5.92 Å². The lowest BCUT2D eigenvalue weighted by Gasteiger charge is -2.44. The summed E-state index contributed by atoms with van der Waals surface area (Å²) in [5, 5.41) is 4.11. The molecule has 27 heavy (non-hydrogen) atoms. The van der Waals surface area contributed by atoms with E-state index in [0.29, 0.717) is 32.7 Å². The van der Waals surface area contributed by atoms with Crippen molar-refractivity contribution in [2.75, 3.05) is 26.2 Å². The maximum atomic E-state index is 12.8. The number of piperidine rings is 2. The Bertz CT molecular complexity index is 895. The van der Waals surface area contributed by atoms with Crippen molar-refractivity contribution < 1.29 is 14.3 Å². The molecule has 2 amide bonds. The number of H-pyrrole nitrogens is 1. The summed E-state index contributed by atoms with van der Waals surface area (Å²) in [5.74, 6) is -0.642. The fourth-order valence-corrected chi connectivity index (χ4v) is 4.98. The lowest BCUT2D eigenvalue weighted by atomic mass is 9.82. The highest BCUT2D eigenvalue weighted by Crippen LogP contribution is 2.43. The van der Waals surface area contributed by atoms with E-state index in [0.717, 1.165) is 31.2 Å². The van der Waals surface area contributed by atoms with Crippen LogP contribution in [0.4, 0.5) is 0 Å². The number of nitrogens with one attached hydrogen (secondary N) is 2. The van der Waals surface area contributed by atoms with E-state index in [2.05, 4.69) is 28.5 Å². The van der Waals surface area contributed by atoms with E-state index in [9.17, 15) is 9.59 Å². The molecule has 1 spiro atoms. The zero-order valence-electron chi connectivity index (χ0n) is 15.4. The zero-order valence-corrected chi connectivity index (χ0v) is 15.4. The van der Waals surface area contributed by atoms with Crippen LogP contribution in [0, 0.1) is 5.92 Å². The van der Waals surface area contributed by atoms with Gasteiger partial charge in [0.15, 0.2) is 0 Å². The quantitative estimate of drug-likeness (QED) is 0.758. The van der Waals surface area contributed by atoms with Crippen molar-refractivity contribution >= 4 is 22.7 Å². The molecule has 3 aliphatic rings. The standard InChI is InChI=1S/C21H25N3O3/c25-19-16(5-3-10-22-19)20(26)24-11-8-21(9-12-24)18-15(7-13-27-21)14-4-1-2-6-17(14)23-18/h1-2,4,6,16,23H,3,5,7-13H2,(H,22,25). The number of carbonyl (C=O) groups is 2. The third kappa shape index (κ3) is 2.65. The van der Waals surface area contributed by atoms with Gasteiger partial charge < -0.3 is 19.9 Å². The molecule has 1 atom stereocenters. The Kier molecular flexibility index (Phi) is 3.97. The van der Waals surface area contributed by atoms with Crippen molar-refractivity contribution in [3.05, 3.63) is 35.5 Å². The van der Waals surface area contributed by atoms with Crippen molar-refractivity contribution in [1.82, 2.24) is 15.2 Å². The van der Waals surface area contributed by atoms with Gasteiger partial charge in [-0.2, -0.15) is 0 Å². The first kappa shape index (κ1) is 16.8. The number of benzene rings is 1. The van der Waals surface area contributed by atoms with Crippen LogP contribution in [0.3, 0.4) is 0 Å². The molecule has 0 radical (unpaired) electrons. The van der Waals surface area contributed by atoms with Gasteiger partial charge in [-0.1, -0.05) is 18.2 Å². The minimum atomic E-state index is -0.510. The normalized spacial score (nSPS) is 24.7. The van der Waals surface area contributed by atoms with Crippen LogP contribution in [0.5, 0.6) is 0 Å². The number of nitrogens with zero attached hydrogens (tertiary/aromatic N) is 1. The first-order chi connectivity index (χ1) is 13.2. The minimum Gasteiger partial charge on any atom is -0.368 e. The number of aromatic amines is 1. The molecule has 1 unspecified atom stereocenters. The number of hydrogen-bond donors (Lipinski definition) is 2. The average Bonchev–Trinajstić information content (AvgIpc) is 3.09. The number of ether oxygens (including phenoxy) is 1. The van der Waals surface area contributed by atoms with Gasteiger partial charge in [0.25, 0.3) is 0 Å². The monoisotopic (exact) mass is 367 g/mol. The number of fused-ring (bicyclic) bond motifs is 4. The summed E-state index contributed by atoms with van der Waals surface area (Å²) in [4.78, 5) is 30.3. The zero-order chi connectivity index (χ0) is 18.4. The Hall–Kier alpha value is -2.34. The first-order valence-electron chi connectivity index (χ1n) is 9.98. The molecule has 142 valence electrons. The fourth-order valence-electron chi connectivity index (χ4n) is 4.98. The third-order valence-electron chi connectivity index (χ3n) is 6.47. The number of para-hydroxylation sites is 1. The number of likely N-dealkylation sites (tertiary alicyclic amines) is 1. The SMILES string of the molecule is O=C1NCCCC1C(=O)N1CCC2(CC1)OCCc1c2[nH]c2ccccc12. The highest BCUT2D eigenvalue weighted by atomic mass is 16.5. The lowest BCUT2D eigenvalue weighted by Crippen LogP contribution is -2.52. The van der Waals surface area contributed by atoms with E-state index in [1.165, 1.54) is 16.6 Å². The Balaban J connectivity index is 1.38. The highest BCUT2D eigenvalue weighted by Gasteiger charge is 2.44. The summed E-state index contributed by atoms with van der Waals surface area (Å²) in [6.45, 7) is 2.67. The largest absolute Gasteiger partial charge is 0.368 e. The number of rotatable bonds is 1. The fraction of sp³-hybridized carbons (Fsp3) is 0.524. The first-order valence-corrected chi connectivity index (χ1v) is 9.98. The number of aromatic nitrogens is 1. The Morgan fingerprint density at radius 3 is 2.85 bits per heavy atom. The topological polar surface area (TPSA) is 74.4 Å². The van der Waals surface area contributed by atoms with Crippen LogP contribution in [-0.4, -0.2) is 47.9 Å². The van der Waals surface area contributed by atoms with Gasteiger partial charge in [-0.3, -0.25) is 9.59 Å². The van der Waals surface area contributed by atoms with Crippen LogP contribution in [0.2, 0.25) is 0 Å². The molecular formula is C21H25N3O3. The molecule has 0 saturated carbocycles. The van der Waals surface area contributed by atoms with Crippen molar-refractivity contribution in [3.8, 4) is 0 Å². The molecule has 0 bridgehead atoms. The van der Waals surface area contributed by atoms with E-state index < -0.39 is 5.92 Å². The third-order valence-corrected chi connectivity index (χ3v) is 6.47. The van der Waals surface area contributed by atoms with Gasteiger partial charge in [0, 0.05) is 30.5 Å². The average molecular weight is 367 g/mol. The van der Waals surface area contributed by atoms with E-state index in [1.54, 1.807) is 0 Å². The van der Waals surface area contributed by atoms with Crippen LogP contribution >= 0.6 is 0 Å². The van der Waals surface area contributed by atoms with Gasteiger partial charge in [0.05, 0.1) is 12.3 Å². The predicted octanol–water partition coefficient (Wildman–Crippen LogP) is 2.08. The Labute approximate surface area is 158 Å². The number of hydrogen-bond acceptors (Lipinski definition) is 3. The van der Waals surface area contributed by atoms with E-state index in [1.807, 2.05) is 11.0 Å². The van der Waals surface area contributed by atoms with Crippen LogP contribution in [0.1, 0.15) is 36.9 Å². The molecule has 0 aliphatic carbocycles. The van der Waals surface area contributed by atoms with Gasteiger partial charge in [-0.25, -0.2) is 0 Å². The predicted molar refractivity (Wildman–Crippen MR) is 101 cm³/mol.